The van der Waals surface area contributed by atoms with Gasteiger partial charge in [-0.15, -0.1) is 11.3 Å². The van der Waals surface area contributed by atoms with E-state index in [1.54, 1.807) is 0 Å². The number of hydrogen-bond acceptors (Lipinski definition) is 4. The van der Waals surface area contributed by atoms with Gasteiger partial charge in [-0.25, -0.2) is 0 Å². The number of aromatic nitrogens is 2. The highest BCUT2D eigenvalue weighted by Gasteiger charge is 2.31. The van der Waals surface area contributed by atoms with E-state index in [0.29, 0.717) is 0 Å². The Morgan fingerprint density at radius 1 is 0.383 bits per heavy atom. The van der Waals surface area contributed by atoms with Crippen molar-refractivity contribution in [1.29, 1.82) is 0 Å². The third-order valence-electron chi connectivity index (χ3n) is 20.5. The molecule has 2 aliphatic heterocycles. The van der Waals surface area contributed by atoms with E-state index in [1.165, 1.54) is 149 Å². The highest BCUT2D eigenvalue weighted by atomic mass is 32.1. The standard InChI is InChI=1S/C86H62B2N4OS/c1-5-6-7-22-52-41-67(83-77(42-52)91-75-34-14-9-23-57(75)61-29-19-31-69(87-83)85(61)91)64-48-82-66(60-26-12-17-37-81(60)94-82)46-74(64)90-72-39-38-53(40-50(72)3)55-27-18-28-56(51(55)4)54-43-68(84-78(44-54)92-76-35-15-10-24-58(76)62-30-20-32-70(88-84)86(62)92)63-47-80-65(59-25-11-16-36-79(59)93-80)45-73(63)89-71-33-13-8-21-49(71)2/h8-21,23-48,89-90H,5-7,22H2,1-4H3. The highest BCUT2D eigenvalue weighted by molar-refractivity contribution is 7.25. The second-order valence-electron chi connectivity index (χ2n) is 26.0. The van der Waals surface area contributed by atoms with Crippen LogP contribution < -0.4 is 32.5 Å². The number of para-hydroxylation sites is 6. The number of anilines is 4. The lowest BCUT2D eigenvalue weighted by Crippen LogP contribution is -2.37. The molecule has 13 aromatic carbocycles. The minimum Gasteiger partial charge on any atom is -0.456 e. The molecule has 94 heavy (non-hydrogen) atoms. The SMILES string of the molecule is CCCCCc1cc(-c2cc3sc4ccccc4c3cc2Nc2ccc(-c3cccc(-c4cc(-c5cc6oc7ccccc7c6cc5Nc5ccccc5C)c5c(c4)-n4c6ccccc6c6cccc(c64)[B]5)c3C)cc2C)c2c(c1)-n1c3ccccc3c3cccc(c31)[B]2. The van der Waals surface area contributed by atoms with E-state index in [1.807, 2.05) is 11.3 Å². The molecule has 6 heterocycles. The molecule has 2 radical (unpaired) electrons. The van der Waals surface area contributed by atoms with Gasteiger partial charge in [-0.05, 0) is 185 Å². The summed E-state index contributed by atoms with van der Waals surface area (Å²) in [6, 6.07) is 90.5. The van der Waals surface area contributed by atoms with Crippen molar-refractivity contribution >= 4 is 156 Å². The van der Waals surface area contributed by atoms with E-state index in [0.717, 1.165) is 85.4 Å². The van der Waals surface area contributed by atoms with Gasteiger partial charge in [0.15, 0.2) is 14.6 Å². The number of unbranched alkanes of at least 4 members (excludes halogenated alkanes) is 2. The zero-order valence-corrected chi connectivity index (χ0v) is 53.6. The predicted octanol–water partition coefficient (Wildman–Crippen LogP) is 20.9. The number of aryl methyl sites for hydroxylation is 3. The van der Waals surface area contributed by atoms with Gasteiger partial charge in [0, 0.05) is 109 Å². The Kier molecular flexibility index (Phi) is 12.5. The number of hydrogen-bond donors (Lipinski definition) is 2. The van der Waals surface area contributed by atoms with Gasteiger partial charge in [-0.3, -0.25) is 0 Å². The predicted molar refractivity (Wildman–Crippen MR) is 404 cm³/mol. The minimum absolute atomic E-state index is 0.853. The van der Waals surface area contributed by atoms with Crippen molar-refractivity contribution in [2.75, 3.05) is 10.6 Å². The lowest BCUT2D eigenvalue weighted by atomic mass is 9.58. The third-order valence-corrected chi connectivity index (χ3v) is 21.6. The summed E-state index contributed by atoms with van der Waals surface area (Å²) in [7, 11) is 4.88. The van der Waals surface area contributed by atoms with Crippen molar-refractivity contribution in [3.8, 4) is 55.9 Å². The molecular weight excluding hydrogens is 1160 g/mol. The molecule has 2 aliphatic rings. The minimum atomic E-state index is 0.853. The van der Waals surface area contributed by atoms with Gasteiger partial charge in [0.05, 0.1) is 11.0 Å². The number of nitrogens with one attached hydrogen (secondary N) is 2. The Bertz CT molecular complexity index is 6080. The summed E-state index contributed by atoms with van der Waals surface area (Å²) in [6.07, 6.45) is 4.55. The van der Waals surface area contributed by atoms with Crippen LogP contribution in [0.4, 0.5) is 22.7 Å². The molecule has 19 rings (SSSR count). The highest BCUT2D eigenvalue weighted by Crippen LogP contribution is 2.47. The molecule has 444 valence electrons. The molecule has 5 nitrogen and oxygen atoms in total. The molecule has 0 bridgehead atoms. The van der Waals surface area contributed by atoms with Crippen LogP contribution >= 0.6 is 11.3 Å². The molecular formula is C86H62B2N4OS. The Morgan fingerprint density at radius 2 is 0.968 bits per heavy atom. The van der Waals surface area contributed by atoms with Gasteiger partial charge in [-0.2, -0.15) is 0 Å². The van der Waals surface area contributed by atoms with E-state index in [9.17, 15) is 0 Å². The van der Waals surface area contributed by atoms with Crippen LogP contribution in [0.15, 0.2) is 247 Å². The van der Waals surface area contributed by atoms with E-state index in [-0.39, 0.29) is 0 Å². The smallest absolute Gasteiger partial charge is 0.197 e. The molecule has 2 N–H and O–H groups in total. The zero-order chi connectivity index (χ0) is 62.4. The van der Waals surface area contributed by atoms with Gasteiger partial charge in [0.25, 0.3) is 0 Å². The molecule has 0 aliphatic carbocycles. The fraction of sp³-hybridized carbons (Fsp3) is 0.0930. The van der Waals surface area contributed by atoms with Crippen molar-refractivity contribution in [2.24, 2.45) is 0 Å². The monoisotopic (exact) mass is 1220 g/mol. The third kappa shape index (κ3) is 8.48. The average molecular weight is 1220 g/mol. The van der Waals surface area contributed by atoms with Crippen LogP contribution in [0.25, 0.3) is 142 Å². The molecule has 0 saturated carbocycles. The lowest BCUT2D eigenvalue weighted by molar-refractivity contribution is 0.669. The van der Waals surface area contributed by atoms with E-state index in [2.05, 4.69) is 305 Å². The summed E-state index contributed by atoms with van der Waals surface area (Å²) in [4.78, 5) is 0. The quantitative estimate of drug-likeness (QED) is 0.0947. The maximum atomic E-state index is 6.76. The van der Waals surface area contributed by atoms with Crippen LogP contribution in [0, 0.1) is 20.8 Å². The fourth-order valence-electron chi connectivity index (χ4n) is 15.9. The van der Waals surface area contributed by atoms with Crippen molar-refractivity contribution in [2.45, 2.75) is 53.4 Å². The molecule has 4 aromatic heterocycles. The molecule has 0 fully saturated rings. The van der Waals surface area contributed by atoms with Crippen molar-refractivity contribution in [3.05, 3.63) is 265 Å². The number of fused-ring (bicyclic) bond motifs is 16. The first-order valence-corrected chi connectivity index (χ1v) is 33.9. The first-order valence-electron chi connectivity index (χ1n) is 33.1. The Balaban J connectivity index is 0.763. The van der Waals surface area contributed by atoms with Crippen LogP contribution in [0.5, 0.6) is 0 Å². The second-order valence-corrected chi connectivity index (χ2v) is 27.1. The van der Waals surface area contributed by atoms with Gasteiger partial charge in [0.2, 0.25) is 0 Å². The summed E-state index contributed by atoms with van der Waals surface area (Å²) in [6.45, 7) is 9.05. The van der Waals surface area contributed by atoms with Crippen molar-refractivity contribution in [3.63, 3.8) is 0 Å². The zero-order valence-electron chi connectivity index (χ0n) is 52.8. The van der Waals surface area contributed by atoms with Gasteiger partial charge in [0.1, 0.15) is 11.2 Å². The van der Waals surface area contributed by atoms with Gasteiger partial charge < -0.3 is 24.2 Å². The maximum Gasteiger partial charge on any atom is 0.197 e. The van der Waals surface area contributed by atoms with E-state index >= 15 is 0 Å². The molecule has 0 saturated heterocycles. The number of benzene rings is 13. The summed E-state index contributed by atoms with van der Waals surface area (Å²) < 4.78 is 14.4. The maximum absolute atomic E-state index is 6.76. The van der Waals surface area contributed by atoms with Crippen LogP contribution in [0.2, 0.25) is 0 Å². The lowest BCUT2D eigenvalue weighted by Gasteiger charge is -2.26. The van der Waals surface area contributed by atoms with Gasteiger partial charge in [-0.1, -0.05) is 188 Å². The second kappa shape index (κ2) is 21.4. The van der Waals surface area contributed by atoms with Gasteiger partial charge >= 0.3 is 0 Å². The Labute approximate surface area is 551 Å². The molecule has 8 heteroatoms. The topological polar surface area (TPSA) is 47.1 Å². The first-order chi connectivity index (χ1) is 46.3. The van der Waals surface area contributed by atoms with E-state index < -0.39 is 0 Å². The number of thiophene rings is 1. The van der Waals surface area contributed by atoms with Crippen LogP contribution in [-0.4, -0.2) is 23.7 Å². The molecule has 0 spiro atoms. The first kappa shape index (κ1) is 54.9. The van der Waals surface area contributed by atoms with Crippen LogP contribution in [0.3, 0.4) is 0 Å². The Morgan fingerprint density at radius 3 is 1.68 bits per heavy atom. The summed E-state index contributed by atoms with van der Waals surface area (Å²) in [5.74, 6) is 0. The molecule has 0 unspecified atom stereocenters. The number of furan rings is 1. The average Bonchev–Trinajstić information content (AvgIpc) is 1.50. The number of rotatable bonds is 12. The van der Waals surface area contributed by atoms with Crippen molar-refractivity contribution in [1.82, 2.24) is 9.13 Å². The summed E-state index contributed by atoms with van der Waals surface area (Å²) in [5.41, 5.74) is 32.5. The summed E-state index contributed by atoms with van der Waals surface area (Å²) >= 11 is 1.89. The summed E-state index contributed by atoms with van der Waals surface area (Å²) in [5, 5.41) is 17.9. The molecule has 0 atom stereocenters. The fourth-order valence-corrected chi connectivity index (χ4v) is 17.0. The van der Waals surface area contributed by atoms with Crippen molar-refractivity contribution < 1.29 is 4.42 Å². The molecule has 0 amide bonds. The Hall–Kier alpha value is -10.8. The number of nitrogens with zero attached hydrogens (tertiary/aromatic N) is 2. The van der Waals surface area contributed by atoms with E-state index in [4.69, 9.17) is 4.42 Å². The van der Waals surface area contributed by atoms with Crippen LogP contribution in [-0.2, 0) is 6.42 Å². The van der Waals surface area contributed by atoms with Crippen LogP contribution in [0.1, 0.15) is 48.4 Å². The normalized spacial score (nSPS) is 12.4. The largest absolute Gasteiger partial charge is 0.456 e. The molecule has 17 aromatic rings.